The monoisotopic (exact) mass is 386 g/mol. The Morgan fingerprint density at radius 2 is 2.08 bits per heavy atom. The minimum atomic E-state index is -2.73. The molecule has 0 spiro atoms. The summed E-state index contributed by atoms with van der Waals surface area (Å²) in [4.78, 5) is 16.7. The van der Waals surface area contributed by atoms with E-state index in [9.17, 15) is 13.6 Å². The molecular formula is C16H20F2N4OS2. The fourth-order valence-electron chi connectivity index (χ4n) is 2.91. The minimum absolute atomic E-state index is 0.0487. The van der Waals surface area contributed by atoms with Crippen LogP contribution in [0.5, 0.6) is 0 Å². The Kier molecular flexibility index (Phi) is 5.73. The highest BCUT2D eigenvalue weighted by molar-refractivity contribution is 8.01. The second-order valence-electron chi connectivity index (χ2n) is 6.21. The van der Waals surface area contributed by atoms with Crippen molar-refractivity contribution in [3.05, 3.63) is 28.5 Å². The summed E-state index contributed by atoms with van der Waals surface area (Å²) in [6.45, 7) is 0.770. The molecule has 9 heteroatoms. The van der Waals surface area contributed by atoms with Crippen LogP contribution in [0.25, 0.3) is 0 Å². The fourth-order valence-corrected chi connectivity index (χ4v) is 5.20. The van der Waals surface area contributed by atoms with Gasteiger partial charge in [0.25, 0.3) is 5.91 Å². The fraction of sp³-hybridized carbons (Fsp3) is 0.562. The van der Waals surface area contributed by atoms with Gasteiger partial charge in [-0.15, -0.1) is 11.3 Å². The van der Waals surface area contributed by atoms with Gasteiger partial charge in [0, 0.05) is 28.1 Å². The van der Waals surface area contributed by atoms with Gasteiger partial charge in [-0.3, -0.25) is 4.79 Å². The van der Waals surface area contributed by atoms with Gasteiger partial charge in [-0.25, -0.2) is 9.67 Å². The first-order chi connectivity index (χ1) is 11.9. The zero-order valence-electron chi connectivity index (χ0n) is 14.0. The summed E-state index contributed by atoms with van der Waals surface area (Å²) in [5.41, 5.74) is 1.37. The summed E-state index contributed by atoms with van der Waals surface area (Å²) >= 11 is 3.47. The predicted molar refractivity (Wildman–Crippen MR) is 94.4 cm³/mol. The zero-order valence-corrected chi connectivity index (χ0v) is 15.7. The minimum Gasteiger partial charge on any atom is -0.348 e. The summed E-state index contributed by atoms with van der Waals surface area (Å²) in [6.07, 6.45) is 3.75. The van der Waals surface area contributed by atoms with Crippen LogP contribution < -0.4 is 5.32 Å². The molecule has 25 heavy (non-hydrogen) atoms. The van der Waals surface area contributed by atoms with Crippen LogP contribution in [0.2, 0.25) is 0 Å². The van der Waals surface area contributed by atoms with E-state index in [1.54, 1.807) is 23.1 Å². The van der Waals surface area contributed by atoms with E-state index in [0.717, 1.165) is 35.7 Å². The van der Waals surface area contributed by atoms with Crippen molar-refractivity contribution in [3.8, 4) is 0 Å². The Hall–Kier alpha value is -1.48. The van der Waals surface area contributed by atoms with Gasteiger partial charge in [-0.1, -0.05) is 11.8 Å². The van der Waals surface area contributed by atoms with E-state index in [1.165, 1.54) is 13.0 Å². The molecule has 1 saturated carbocycles. The van der Waals surface area contributed by atoms with Crippen molar-refractivity contribution in [3.63, 3.8) is 0 Å². The van der Waals surface area contributed by atoms with Gasteiger partial charge < -0.3 is 5.32 Å². The van der Waals surface area contributed by atoms with E-state index in [0.29, 0.717) is 9.93 Å². The van der Waals surface area contributed by atoms with Crippen molar-refractivity contribution >= 4 is 29.0 Å². The van der Waals surface area contributed by atoms with E-state index in [1.807, 2.05) is 6.92 Å². The lowest BCUT2D eigenvalue weighted by Gasteiger charge is -2.28. The molecule has 3 rings (SSSR count). The second-order valence-corrected chi connectivity index (χ2v) is 8.62. The molecule has 0 saturated heterocycles. The average molecular weight is 386 g/mol. The number of thioether (sulfide) groups is 1. The quantitative estimate of drug-likeness (QED) is 0.837. The summed E-state index contributed by atoms with van der Waals surface area (Å²) in [6, 6.07) is 1.47. The molecule has 0 aliphatic heterocycles. The van der Waals surface area contributed by atoms with Crippen molar-refractivity contribution < 1.29 is 13.6 Å². The van der Waals surface area contributed by atoms with Crippen molar-refractivity contribution in [2.45, 2.75) is 61.7 Å². The Labute approximate surface area is 153 Å². The molecule has 0 unspecified atom stereocenters. The smallest absolute Gasteiger partial charge is 0.333 e. The SMILES string of the molecule is Cc1csc(SC2CCC(NC(=O)c3cc(C)n(C(F)F)n3)CC2)n1. The number of hydrogen-bond acceptors (Lipinski definition) is 5. The van der Waals surface area contributed by atoms with E-state index in [4.69, 9.17) is 0 Å². The number of amides is 1. The highest BCUT2D eigenvalue weighted by Crippen LogP contribution is 2.35. The molecule has 1 fully saturated rings. The van der Waals surface area contributed by atoms with Crippen LogP contribution in [0.1, 0.15) is 54.1 Å². The van der Waals surface area contributed by atoms with Gasteiger partial charge in [0.2, 0.25) is 0 Å². The Morgan fingerprint density at radius 3 is 2.64 bits per heavy atom. The molecule has 1 aliphatic carbocycles. The molecule has 2 aromatic heterocycles. The van der Waals surface area contributed by atoms with Crippen LogP contribution in [0.4, 0.5) is 8.78 Å². The first-order valence-electron chi connectivity index (χ1n) is 8.16. The third-order valence-corrected chi connectivity index (χ3v) is 6.64. The van der Waals surface area contributed by atoms with Crippen LogP contribution in [0.3, 0.4) is 0 Å². The van der Waals surface area contributed by atoms with Gasteiger partial charge in [0.05, 0.1) is 0 Å². The molecule has 2 heterocycles. The largest absolute Gasteiger partial charge is 0.348 e. The number of carbonyl (C=O) groups is 1. The molecule has 1 aliphatic rings. The van der Waals surface area contributed by atoms with Crippen LogP contribution in [-0.2, 0) is 0 Å². The summed E-state index contributed by atoms with van der Waals surface area (Å²) in [5, 5.41) is 9.18. The standard InChI is InChI=1S/C16H20F2N4OS2/c1-9-8-24-16(19-9)25-12-5-3-11(4-6-12)20-14(23)13-7-10(2)22(21-13)15(17)18/h7-8,11-12,15H,3-6H2,1-2H3,(H,20,23). The lowest BCUT2D eigenvalue weighted by Crippen LogP contribution is -2.38. The summed E-state index contributed by atoms with van der Waals surface area (Å²) in [5.74, 6) is -0.380. The Balaban J connectivity index is 1.50. The van der Waals surface area contributed by atoms with Gasteiger partial charge in [0.15, 0.2) is 5.69 Å². The van der Waals surface area contributed by atoms with E-state index in [2.05, 4.69) is 20.8 Å². The van der Waals surface area contributed by atoms with Gasteiger partial charge in [-0.05, 0) is 45.6 Å². The van der Waals surface area contributed by atoms with Crippen molar-refractivity contribution in [1.82, 2.24) is 20.1 Å². The summed E-state index contributed by atoms with van der Waals surface area (Å²) in [7, 11) is 0. The van der Waals surface area contributed by atoms with E-state index in [-0.39, 0.29) is 23.3 Å². The van der Waals surface area contributed by atoms with Crippen molar-refractivity contribution in [2.24, 2.45) is 0 Å². The first kappa shape index (κ1) is 18.3. The third kappa shape index (κ3) is 4.58. The highest BCUT2D eigenvalue weighted by Gasteiger charge is 2.25. The van der Waals surface area contributed by atoms with Gasteiger partial charge in [-0.2, -0.15) is 13.9 Å². The molecule has 0 bridgehead atoms. The van der Waals surface area contributed by atoms with Gasteiger partial charge >= 0.3 is 6.55 Å². The average Bonchev–Trinajstić information content (AvgIpc) is 3.15. The maximum absolute atomic E-state index is 12.7. The first-order valence-corrected chi connectivity index (χ1v) is 9.92. The molecule has 1 N–H and O–H groups in total. The van der Waals surface area contributed by atoms with Crippen molar-refractivity contribution in [2.75, 3.05) is 0 Å². The van der Waals surface area contributed by atoms with Crippen molar-refractivity contribution in [1.29, 1.82) is 0 Å². The Morgan fingerprint density at radius 1 is 1.36 bits per heavy atom. The molecular weight excluding hydrogens is 366 g/mol. The number of alkyl halides is 2. The molecule has 0 aromatic carbocycles. The summed E-state index contributed by atoms with van der Waals surface area (Å²) < 4.78 is 27.2. The lowest BCUT2D eigenvalue weighted by molar-refractivity contribution is 0.0538. The Bertz CT molecular complexity index is 738. The van der Waals surface area contributed by atoms with E-state index >= 15 is 0 Å². The van der Waals surface area contributed by atoms with Crippen LogP contribution in [0, 0.1) is 13.8 Å². The van der Waals surface area contributed by atoms with Crippen LogP contribution in [-0.4, -0.2) is 32.0 Å². The topological polar surface area (TPSA) is 59.8 Å². The zero-order chi connectivity index (χ0) is 18.0. The maximum Gasteiger partial charge on any atom is 0.333 e. The lowest BCUT2D eigenvalue weighted by atomic mass is 9.95. The molecule has 2 aromatic rings. The molecule has 5 nitrogen and oxygen atoms in total. The maximum atomic E-state index is 12.7. The number of aromatic nitrogens is 3. The normalized spacial score (nSPS) is 20.8. The second kappa shape index (κ2) is 7.82. The number of nitrogens with zero attached hydrogens (tertiary/aromatic N) is 3. The number of thiazole rings is 1. The number of halogens is 2. The van der Waals surface area contributed by atoms with Crippen LogP contribution >= 0.6 is 23.1 Å². The number of carbonyl (C=O) groups excluding carboxylic acids is 1. The molecule has 1 amide bonds. The number of hydrogen-bond donors (Lipinski definition) is 1. The highest BCUT2D eigenvalue weighted by atomic mass is 32.2. The van der Waals surface area contributed by atoms with Crippen LogP contribution in [0.15, 0.2) is 15.8 Å². The molecule has 0 radical (unpaired) electrons. The number of nitrogens with one attached hydrogen (secondary N) is 1. The number of aryl methyl sites for hydroxylation is 2. The third-order valence-electron chi connectivity index (χ3n) is 4.21. The number of rotatable bonds is 5. The van der Waals surface area contributed by atoms with Gasteiger partial charge in [0.1, 0.15) is 4.34 Å². The van der Waals surface area contributed by atoms with E-state index < -0.39 is 6.55 Å². The molecule has 136 valence electrons. The molecule has 0 atom stereocenters. The predicted octanol–water partition coefficient (Wildman–Crippen LogP) is 4.18.